The molecule has 4 aromatic heterocycles. The maximum atomic E-state index is 13.0. The van der Waals surface area contributed by atoms with Gasteiger partial charge in [0.25, 0.3) is 0 Å². The fourth-order valence-electron chi connectivity index (χ4n) is 9.48. The van der Waals surface area contributed by atoms with Crippen LogP contribution in [0.5, 0.6) is 11.5 Å². The van der Waals surface area contributed by atoms with Gasteiger partial charge in [-0.3, -0.25) is 24.6 Å². The minimum absolute atomic E-state index is 0.129. The molecule has 2 N–H and O–H groups in total. The molecule has 4 aromatic carbocycles. The quantitative estimate of drug-likeness (QED) is 0.138. The van der Waals surface area contributed by atoms with E-state index in [4.69, 9.17) is 24.4 Å². The molecule has 0 radical (unpaired) electrons. The van der Waals surface area contributed by atoms with Crippen molar-refractivity contribution in [3.63, 3.8) is 0 Å². The standard InChI is InChI=1S/C26H25BrN4O2.C26H27BrN4O/c1-16-5-4-12-28-24(16)22-13-18(32)14-23(26-29-21-7-3-6-20(27)25(21)30-26)31(22)15-17-8-10-19(33-2)11-9-17;1-17-6-5-15-28-24(17)22-9-4-10-23(26-29-21-8-3-7-20(27)25(21)30-26)31(22)16-18-11-13-19(32-2)14-12-18/h3-12,22-23H,13-15H2,1-2H3,(H,29,30);3,5-8,11-15,22-23H,4,9-10,16H2,1-2H3,(H,29,30)/t2*22-,23+/m00/s1. The highest BCUT2D eigenvalue weighted by molar-refractivity contribution is 9.11. The Hall–Kier alpha value is -5.73. The van der Waals surface area contributed by atoms with Crippen LogP contribution in [0.4, 0.5) is 0 Å². The number of nitrogens with zero attached hydrogens (tertiary/aromatic N) is 6. The molecule has 13 heteroatoms. The molecule has 6 heterocycles. The second kappa shape index (κ2) is 19.8. The highest BCUT2D eigenvalue weighted by atomic mass is 79.9. The van der Waals surface area contributed by atoms with Crippen LogP contribution in [0.15, 0.2) is 131 Å². The van der Waals surface area contributed by atoms with E-state index in [1.807, 2.05) is 72.9 Å². The third-order valence-electron chi connectivity index (χ3n) is 12.8. The van der Waals surface area contributed by atoms with Gasteiger partial charge in [-0.15, -0.1) is 0 Å². The Morgan fingerprint density at radius 1 is 0.585 bits per heavy atom. The second-order valence-electron chi connectivity index (χ2n) is 16.9. The first-order valence-electron chi connectivity index (χ1n) is 22.1. The number of carbonyl (C=O) groups excluding carboxylic acids is 1. The zero-order valence-corrected chi connectivity index (χ0v) is 40.1. The number of methoxy groups -OCH3 is 2. The normalized spacial score (nSPS) is 19.3. The SMILES string of the molecule is COc1ccc(CN2[C@@H](c3nc4c(Br)cccc4[nH]3)CC(=O)C[C@H]2c2ncccc2C)cc1.COc1ccc(CN2[C@@H](c3nc4c(Br)cccc4[nH]3)CCC[C@H]2c2ncccc2C)cc1. The van der Waals surface area contributed by atoms with Crippen molar-refractivity contribution in [1.29, 1.82) is 0 Å². The van der Waals surface area contributed by atoms with Crippen LogP contribution < -0.4 is 9.47 Å². The molecule has 4 atom stereocenters. The van der Waals surface area contributed by atoms with Crippen molar-refractivity contribution in [3.8, 4) is 11.5 Å². The van der Waals surface area contributed by atoms with Gasteiger partial charge in [0.1, 0.15) is 40.0 Å². The van der Waals surface area contributed by atoms with Crippen molar-refractivity contribution in [1.82, 2.24) is 39.7 Å². The number of halogens is 2. The Morgan fingerprint density at radius 3 is 1.54 bits per heavy atom. The molecule has 2 aliphatic rings. The van der Waals surface area contributed by atoms with Crippen molar-refractivity contribution in [2.75, 3.05) is 14.2 Å². The topological polar surface area (TPSA) is 125 Å². The lowest BCUT2D eigenvalue weighted by atomic mass is 9.89. The number of aromatic amines is 2. The van der Waals surface area contributed by atoms with E-state index < -0.39 is 0 Å². The largest absolute Gasteiger partial charge is 0.497 e. The molecule has 2 saturated heterocycles. The molecule has 8 aromatic rings. The summed E-state index contributed by atoms with van der Waals surface area (Å²) in [4.78, 5) is 44.4. The summed E-state index contributed by atoms with van der Waals surface area (Å²) in [6.07, 6.45) is 7.87. The van der Waals surface area contributed by atoms with Crippen LogP contribution in [0.25, 0.3) is 22.1 Å². The summed E-state index contributed by atoms with van der Waals surface area (Å²) in [5.41, 5.74) is 10.7. The number of imidazole rings is 2. The molecule has 2 aliphatic heterocycles. The van der Waals surface area contributed by atoms with E-state index in [-0.39, 0.29) is 30.0 Å². The molecule has 65 heavy (non-hydrogen) atoms. The zero-order valence-electron chi connectivity index (χ0n) is 37.0. The monoisotopic (exact) mass is 994 g/mol. The molecule has 0 bridgehead atoms. The number of para-hydroxylation sites is 2. The Labute approximate surface area is 396 Å². The number of aromatic nitrogens is 6. The van der Waals surface area contributed by atoms with Crippen molar-refractivity contribution < 1.29 is 14.3 Å². The van der Waals surface area contributed by atoms with E-state index in [0.717, 1.165) is 96.8 Å². The van der Waals surface area contributed by atoms with Crippen molar-refractivity contribution in [3.05, 3.63) is 176 Å². The summed E-state index contributed by atoms with van der Waals surface area (Å²) >= 11 is 7.26. The van der Waals surface area contributed by atoms with Crippen LogP contribution in [0.2, 0.25) is 0 Å². The molecular formula is C52H52Br2N8O3. The van der Waals surface area contributed by atoms with Gasteiger partial charge in [-0.2, -0.15) is 0 Å². The third-order valence-corrected chi connectivity index (χ3v) is 14.1. The zero-order chi connectivity index (χ0) is 45.0. The molecule has 11 nitrogen and oxygen atoms in total. The van der Waals surface area contributed by atoms with Gasteiger partial charge in [-0.25, -0.2) is 9.97 Å². The number of fused-ring (bicyclic) bond motifs is 2. The smallest absolute Gasteiger partial charge is 0.136 e. The van der Waals surface area contributed by atoms with E-state index in [9.17, 15) is 4.79 Å². The lowest BCUT2D eigenvalue weighted by Gasteiger charge is -2.41. The van der Waals surface area contributed by atoms with Crippen LogP contribution >= 0.6 is 31.9 Å². The Bertz CT molecular complexity index is 2920. The average Bonchev–Trinajstić information content (AvgIpc) is 3.98. The van der Waals surface area contributed by atoms with Crippen molar-refractivity contribution in [2.24, 2.45) is 0 Å². The number of piperidine rings is 2. The predicted octanol–water partition coefficient (Wildman–Crippen LogP) is 12.2. The van der Waals surface area contributed by atoms with E-state index in [2.05, 4.69) is 113 Å². The minimum Gasteiger partial charge on any atom is -0.497 e. The summed E-state index contributed by atoms with van der Waals surface area (Å²) in [7, 11) is 3.37. The fraction of sp³-hybridized carbons (Fsp3) is 0.288. The average molecular weight is 997 g/mol. The number of rotatable bonds is 10. The van der Waals surface area contributed by atoms with Crippen LogP contribution in [-0.4, -0.2) is 59.7 Å². The lowest BCUT2D eigenvalue weighted by molar-refractivity contribution is -0.126. The van der Waals surface area contributed by atoms with Gasteiger partial charge in [-0.1, -0.05) is 48.5 Å². The maximum absolute atomic E-state index is 13.0. The molecule has 10 rings (SSSR count). The Morgan fingerprint density at radius 2 is 1.05 bits per heavy atom. The minimum atomic E-state index is -0.181. The van der Waals surface area contributed by atoms with Crippen LogP contribution in [0.1, 0.15) is 102 Å². The number of Topliss-reactive ketones (excluding diaryl/α,β-unsaturated/α-hetero) is 1. The molecule has 0 saturated carbocycles. The molecule has 2 fully saturated rings. The molecule has 0 aliphatic carbocycles. The second-order valence-corrected chi connectivity index (χ2v) is 18.6. The molecule has 0 unspecified atom stereocenters. The first-order valence-corrected chi connectivity index (χ1v) is 23.7. The number of hydrogen-bond acceptors (Lipinski definition) is 9. The van der Waals surface area contributed by atoms with Gasteiger partial charge < -0.3 is 19.4 Å². The lowest BCUT2D eigenvalue weighted by Crippen LogP contribution is -2.40. The van der Waals surface area contributed by atoms with Gasteiger partial charge in [0, 0.05) is 47.3 Å². The Kier molecular flexibility index (Phi) is 13.5. The number of pyridine rings is 2. The third kappa shape index (κ3) is 9.65. The summed E-state index contributed by atoms with van der Waals surface area (Å²) in [5, 5.41) is 0. The molecule has 0 amide bonds. The van der Waals surface area contributed by atoms with E-state index in [0.29, 0.717) is 19.4 Å². The first-order chi connectivity index (χ1) is 31.7. The van der Waals surface area contributed by atoms with Crippen molar-refractivity contribution in [2.45, 2.75) is 83.2 Å². The van der Waals surface area contributed by atoms with Gasteiger partial charge in [0.2, 0.25) is 0 Å². The number of ketones is 1. The number of aryl methyl sites for hydroxylation is 2. The van der Waals surface area contributed by atoms with E-state index in [1.165, 1.54) is 16.8 Å². The molecule has 0 spiro atoms. The highest BCUT2D eigenvalue weighted by Gasteiger charge is 2.40. The van der Waals surface area contributed by atoms with Gasteiger partial charge in [0.05, 0.1) is 60.8 Å². The number of nitrogens with one attached hydrogen (secondary N) is 2. The maximum Gasteiger partial charge on any atom is 0.136 e. The van der Waals surface area contributed by atoms with Crippen molar-refractivity contribution >= 4 is 59.7 Å². The number of hydrogen-bond donors (Lipinski definition) is 2. The fourth-order valence-corrected chi connectivity index (χ4v) is 10.4. The summed E-state index contributed by atoms with van der Waals surface area (Å²) in [5.74, 6) is 3.75. The first kappa shape index (κ1) is 44.5. The number of likely N-dealkylation sites (tertiary alicyclic amines) is 2. The molecule has 332 valence electrons. The van der Waals surface area contributed by atoms with Gasteiger partial charge in [-0.05, 0) is 148 Å². The summed E-state index contributed by atoms with van der Waals surface area (Å²) < 4.78 is 12.6. The van der Waals surface area contributed by atoms with E-state index >= 15 is 0 Å². The number of benzene rings is 4. The van der Waals surface area contributed by atoms with Crippen LogP contribution in [-0.2, 0) is 17.9 Å². The van der Waals surface area contributed by atoms with Crippen LogP contribution in [0.3, 0.4) is 0 Å². The van der Waals surface area contributed by atoms with E-state index in [1.54, 1.807) is 20.4 Å². The number of ether oxygens (including phenoxy) is 2. The van der Waals surface area contributed by atoms with Crippen LogP contribution in [0, 0.1) is 13.8 Å². The number of H-pyrrole nitrogens is 2. The predicted molar refractivity (Wildman–Crippen MR) is 262 cm³/mol. The van der Waals surface area contributed by atoms with Gasteiger partial charge in [0.15, 0.2) is 0 Å². The highest BCUT2D eigenvalue weighted by Crippen LogP contribution is 2.44. The summed E-state index contributed by atoms with van der Waals surface area (Å²) in [6.45, 7) is 5.71. The summed E-state index contributed by atoms with van der Waals surface area (Å²) in [6, 6.07) is 36.9. The van der Waals surface area contributed by atoms with Gasteiger partial charge >= 0.3 is 0 Å². The number of carbonyl (C=O) groups is 1. The Balaban J connectivity index is 0.000000164. The molecular weight excluding hydrogens is 944 g/mol.